The molecule has 1 aliphatic rings. The fourth-order valence-electron chi connectivity index (χ4n) is 2.25. The summed E-state index contributed by atoms with van der Waals surface area (Å²) in [6.45, 7) is 5.70. The van der Waals surface area contributed by atoms with Crippen LogP contribution in [0.5, 0.6) is 0 Å². The standard InChI is InChI=1S/C14H20N2O2/c1-14(2,3)16-13(18)10-8-9-6-4-5-7-11(9)15-12(10)17/h8H,4-7H2,1-3H3,(H,15,17)(H,16,18). The van der Waals surface area contributed by atoms with Gasteiger partial charge in [-0.2, -0.15) is 0 Å². The van der Waals surface area contributed by atoms with Crippen LogP contribution >= 0.6 is 0 Å². The van der Waals surface area contributed by atoms with Crippen molar-refractivity contribution in [1.82, 2.24) is 10.3 Å². The van der Waals surface area contributed by atoms with Crippen LogP contribution in [-0.2, 0) is 12.8 Å². The van der Waals surface area contributed by atoms with E-state index in [4.69, 9.17) is 0 Å². The SMILES string of the molecule is CC(C)(C)NC(=O)c1cc2c([nH]c1=O)CCCC2. The van der Waals surface area contributed by atoms with Gasteiger partial charge in [0.05, 0.1) is 0 Å². The zero-order chi connectivity index (χ0) is 13.3. The third kappa shape index (κ3) is 2.81. The van der Waals surface area contributed by atoms with Crippen LogP contribution in [0.2, 0.25) is 0 Å². The van der Waals surface area contributed by atoms with Crippen molar-refractivity contribution in [1.29, 1.82) is 0 Å². The van der Waals surface area contributed by atoms with E-state index in [-0.39, 0.29) is 22.6 Å². The Morgan fingerprint density at radius 2 is 1.94 bits per heavy atom. The molecule has 0 saturated carbocycles. The van der Waals surface area contributed by atoms with Crippen LogP contribution in [0.4, 0.5) is 0 Å². The summed E-state index contributed by atoms with van der Waals surface area (Å²) in [7, 11) is 0. The lowest BCUT2D eigenvalue weighted by molar-refractivity contribution is 0.0918. The number of nitrogens with one attached hydrogen (secondary N) is 2. The van der Waals surface area contributed by atoms with Gasteiger partial charge in [-0.1, -0.05) is 0 Å². The van der Waals surface area contributed by atoms with Crippen molar-refractivity contribution in [3.05, 3.63) is 33.2 Å². The number of pyridine rings is 1. The van der Waals surface area contributed by atoms with Crippen LogP contribution < -0.4 is 10.9 Å². The van der Waals surface area contributed by atoms with Crippen LogP contribution in [0.15, 0.2) is 10.9 Å². The van der Waals surface area contributed by atoms with E-state index in [2.05, 4.69) is 10.3 Å². The van der Waals surface area contributed by atoms with Crippen molar-refractivity contribution in [3.63, 3.8) is 0 Å². The summed E-state index contributed by atoms with van der Waals surface area (Å²) in [5, 5.41) is 2.82. The number of aromatic amines is 1. The average Bonchev–Trinajstić information content (AvgIpc) is 2.25. The highest BCUT2D eigenvalue weighted by atomic mass is 16.2. The maximum atomic E-state index is 12.0. The minimum atomic E-state index is -0.334. The smallest absolute Gasteiger partial charge is 0.261 e. The van der Waals surface area contributed by atoms with Crippen LogP contribution in [0.1, 0.15) is 55.2 Å². The van der Waals surface area contributed by atoms with Gasteiger partial charge in [-0.05, 0) is 58.1 Å². The largest absolute Gasteiger partial charge is 0.347 e. The maximum Gasteiger partial charge on any atom is 0.261 e. The minimum absolute atomic E-state index is 0.227. The summed E-state index contributed by atoms with van der Waals surface area (Å²) in [6, 6.07) is 1.76. The highest BCUT2D eigenvalue weighted by Gasteiger charge is 2.20. The molecule has 4 nitrogen and oxygen atoms in total. The van der Waals surface area contributed by atoms with Gasteiger partial charge in [0.1, 0.15) is 5.56 Å². The number of carbonyl (C=O) groups excluding carboxylic acids is 1. The Bertz CT molecular complexity index is 524. The first-order valence-electron chi connectivity index (χ1n) is 6.44. The molecule has 0 unspecified atom stereocenters. The maximum absolute atomic E-state index is 12.0. The molecule has 0 aromatic carbocycles. The molecule has 0 atom stereocenters. The molecule has 18 heavy (non-hydrogen) atoms. The van der Waals surface area contributed by atoms with Gasteiger partial charge in [-0.15, -0.1) is 0 Å². The zero-order valence-corrected chi connectivity index (χ0v) is 11.2. The van der Waals surface area contributed by atoms with Gasteiger partial charge in [0.25, 0.3) is 11.5 Å². The highest BCUT2D eigenvalue weighted by Crippen LogP contribution is 2.18. The molecule has 2 N–H and O–H groups in total. The van der Waals surface area contributed by atoms with Crippen LogP contribution in [0.3, 0.4) is 0 Å². The number of H-pyrrole nitrogens is 1. The monoisotopic (exact) mass is 248 g/mol. The Hall–Kier alpha value is -1.58. The number of hydrogen-bond acceptors (Lipinski definition) is 2. The molecule has 0 aliphatic heterocycles. The Kier molecular flexibility index (Phi) is 3.28. The molecule has 1 heterocycles. The molecule has 1 aromatic rings. The normalized spacial score (nSPS) is 15.1. The van der Waals surface area contributed by atoms with Crippen molar-refractivity contribution in [2.24, 2.45) is 0 Å². The molecule has 4 heteroatoms. The lowest BCUT2D eigenvalue weighted by atomic mass is 9.95. The highest BCUT2D eigenvalue weighted by molar-refractivity contribution is 5.94. The van der Waals surface area contributed by atoms with Crippen LogP contribution in [-0.4, -0.2) is 16.4 Å². The van der Waals surface area contributed by atoms with E-state index < -0.39 is 0 Å². The third-order valence-electron chi connectivity index (χ3n) is 3.07. The van der Waals surface area contributed by atoms with Crippen LogP contribution in [0, 0.1) is 0 Å². The fourth-order valence-corrected chi connectivity index (χ4v) is 2.25. The zero-order valence-electron chi connectivity index (χ0n) is 11.2. The molecular formula is C14H20N2O2. The summed E-state index contributed by atoms with van der Waals surface area (Å²) < 4.78 is 0. The number of aromatic nitrogens is 1. The van der Waals surface area contributed by atoms with Crippen LogP contribution in [0.25, 0.3) is 0 Å². The van der Waals surface area contributed by atoms with Gasteiger partial charge < -0.3 is 10.3 Å². The minimum Gasteiger partial charge on any atom is -0.347 e. The summed E-state index contributed by atoms with van der Waals surface area (Å²) in [5.41, 5.74) is 1.72. The molecule has 1 aromatic heterocycles. The molecule has 1 aliphatic carbocycles. The van der Waals surface area contributed by atoms with Gasteiger partial charge in [0, 0.05) is 11.2 Å². The van der Waals surface area contributed by atoms with Crippen molar-refractivity contribution in [2.45, 2.75) is 52.0 Å². The van der Waals surface area contributed by atoms with Crippen molar-refractivity contribution in [3.8, 4) is 0 Å². The van der Waals surface area contributed by atoms with Gasteiger partial charge in [0.2, 0.25) is 0 Å². The molecule has 0 spiro atoms. The third-order valence-corrected chi connectivity index (χ3v) is 3.07. The van der Waals surface area contributed by atoms with Gasteiger partial charge in [-0.25, -0.2) is 0 Å². The van der Waals surface area contributed by atoms with Gasteiger partial charge in [-0.3, -0.25) is 9.59 Å². The fraction of sp³-hybridized carbons (Fsp3) is 0.571. The first-order chi connectivity index (χ1) is 8.37. The molecule has 0 radical (unpaired) electrons. The predicted octanol–water partition coefficient (Wildman–Crippen LogP) is 1.78. The Morgan fingerprint density at radius 1 is 1.28 bits per heavy atom. The van der Waals surface area contributed by atoms with Crippen molar-refractivity contribution in [2.75, 3.05) is 0 Å². The van der Waals surface area contributed by atoms with E-state index in [1.165, 1.54) is 0 Å². The number of carbonyl (C=O) groups is 1. The second-order valence-corrected chi connectivity index (χ2v) is 5.93. The number of amides is 1. The quantitative estimate of drug-likeness (QED) is 0.795. The van der Waals surface area contributed by atoms with Gasteiger partial charge in [0.15, 0.2) is 0 Å². The topological polar surface area (TPSA) is 62.0 Å². The molecule has 2 rings (SSSR count). The molecule has 0 fully saturated rings. The number of fused-ring (bicyclic) bond motifs is 1. The molecule has 0 bridgehead atoms. The Labute approximate surface area is 107 Å². The van der Waals surface area contributed by atoms with E-state index in [1.807, 2.05) is 20.8 Å². The second kappa shape index (κ2) is 4.59. The van der Waals surface area contributed by atoms with E-state index in [1.54, 1.807) is 6.07 Å². The van der Waals surface area contributed by atoms with E-state index in [0.29, 0.717) is 0 Å². The lowest BCUT2D eigenvalue weighted by Gasteiger charge is -2.21. The Morgan fingerprint density at radius 3 is 2.61 bits per heavy atom. The number of rotatable bonds is 1. The Balaban J connectivity index is 2.34. The first kappa shape index (κ1) is 12.9. The molecule has 98 valence electrons. The second-order valence-electron chi connectivity index (χ2n) is 5.93. The summed E-state index contributed by atoms with van der Waals surface area (Å²) >= 11 is 0. The number of aryl methyl sites for hydroxylation is 2. The lowest BCUT2D eigenvalue weighted by Crippen LogP contribution is -2.42. The van der Waals surface area contributed by atoms with E-state index >= 15 is 0 Å². The van der Waals surface area contributed by atoms with E-state index in [0.717, 1.165) is 36.9 Å². The predicted molar refractivity (Wildman–Crippen MR) is 70.9 cm³/mol. The summed E-state index contributed by atoms with van der Waals surface area (Å²) in [6.07, 6.45) is 4.09. The van der Waals surface area contributed by atoms with Gasteiger partial charge >= 0.3 is 0 Å². The molecular weight excluding hydrogens is 228 g/mol. The van der Waals surface area contributed by atoms with Crippen molar-refractivity contribution < 1.29 is 4.79 Å². The summed E-state index contributed by atoms with van der Waals surface area (Å²) in [5.74, 6) is -0.294. The average molecular weight is 248 g/mol. The van der Waals surface area contributed by atoms with E-state index in [9.17, 15) is 9.59 Å². The first-order valence-corrected chi connectivity index (χ1v) is 6.44. The number of hydrogen-bond donors (Lipinski definition) is 2. The van der Waals surface area contributed by atoms with Crippen molar-refractivity contribution >= 4 is 5.91 Å². The summed E-state index contributed by atoms with van der Waals surface area (Å²) in [4.78, 5) is 26.8. The molecule has 1 amide bonds. The molecule has 0 saturated heterocycles.